The second-order valence-corrected chi connectivity index (χ2v) is 5.33. The van der Waals surface area contributed by atoms with Crippen LogP contribution in [0.15, 0.2) is 0 Å². The minimum atomic E-state index is -0.138. The van der Waals surface area contributed by atoms with E-state index in [1.165, 1.54) is 58.0 Å². The van der Waals surface area contributed by atoms with Gasteiger partial charge in [0.15, 0.2) is 0 Å². The van der Waals surface area contributed by atoms with E-state index in [4.69, 9.17) is 0 Å². The topological polar surface area (TPSA) is 23.5 Å². The molecule has 0 aromatic heterocycles. The van der Waals surface area contributed by atoms with Crippen LogP contribution in [-0.2, 0) is 0 Å². The Kier molecular flexibility index (Phi) is 7.06. The number of rotatable bonds is 7. The number of likely N-dealkylation sites (tertiary alicyclic amines) is 1. The summed E-state index contributed by atoms with van der Waals surface area (Å²) >= 11 is 0. The lowest BCUT2D eigenvalue weighted by Crippen LogP contribution is -2.41. The molecule has 1 fully saturated rings. The van der Waals surface area contributed by atoms with Crippen molar-refractivity contribution in [2.75, 3.05) is 13.1 Å². The van der Waals surface area contributed by atoms with Gasteiger partial charge >= 0.3 is 0 Å². The molecule has 0 bridgehead atoms. The smallest absolute Gasteiger partial charge is 0.0527 e. The molecule has 1 aliphatic heterocycles. The van der Waals surface area contributed by atoms with Crippen LogP contribution in [0.2, 0.25) is 0 Å². The average Bonchev–Trinajstić information content (AvgIpc) is 2.26. The molecule has 0 spiro atoms. The zero-order chi connectivity index (χ0) is 11.8. The number of unbranched alkanes of at least 4 members (excludes halogenated alkanes) is 3. The summed E-state index contributed by atoms with van der Waals surface area (Å²) in [7, 11) is 0. The predicted octanol–water partition coefficient (Wildman–Crippen LogP) is 3.19. The Labute approximate surface area is 101 Å². The lowest BCUT2D eigenvalue weighted by atomic mass is 9.97. The van der Waals surface area contributed by atoms with Gasteiger partial charge in [-0.1, -0.05) is 32.6 Å². The maximum atomic E-state index is 9.51. The highest BCUT2D eigenvalue weighted by molar-refractivity contribution is 4.78. The predicted molar refractivity (Wildman–Crippen MR) is 69.7 cm³/mol. The van der Waals surface area contributed by atoms with E-state index in [1.807, 2.05) is 6.92 Å². The molecule has 1 saturated heterocycles. The first kappa shape index (κ1) is 14.0. The molecule has 1 rings (SSSR count). The third-order valence-electron chi connectivity index (χ3n) is 3.66. The van der Waals surface area contributed by atoms with Crippen LogP contribution < -0.4 is 0 Å². The van der Waals surface area contributed by atoms with Gasteiger partial charge in [0.05, 0.1) is 6.10 Å². The van der Waals surface area contributed by atoms with Gasteiger partial charge in [-0.25, -0.2) is 0 Å². The molecule has 1 heterocycles. The molecule has 0 saturated carbocycles. The molecular formula is C14H29NO. The lowest BCUT2D eigenvalue weighted by molar-refractivity contribution is 0.0856. The summed E-state index contributed by atoms with van der Waals surface area (Å²) < 4.78 is 0. The molecule has 0 amide bonds. The molecule has 0 radical (unpaired) electrons. The van der Waals surface area contributed by atoms with Gasteiger partial charge in [0.25, 0.3) is 0 Å². The summed E-state index contributed by atoms with van der Waals surface area (Å²) in [5.41, 5.74) is 0. The van der Waals surface area contributed by atoms with Crippen molar-refractivity contribution in [1.29, 1.82) is 0 Å². The van der Waals surface area contributed by atoms with E-state index in [0.717, 1.165) is 6.42 Å². The molecule has 1 N–H and O–H groups in total. The Bertz CT molecular complexity index is 170. The quantitative estimate of drug-likeness (QED) is 0.675. The Morgan fingerprint density at radius 3 is 2.75 bits per heavy atom. The number of nitrogens with zero attached hydrogens (tertiary/aromatic N) is 1. The van der Waals surface area contributed by atoms with Crippen molar-refractivity contribution in [3.8, 4) is 0 Å². The molecule has 16 heavy (non-hydrogen) atoms. The summed E-state index contributed by atoms with van der Waals surface area (Å²) in [6, 6.07) is 0.648. The summed E-state index contributed by atoms with van der Waals surface area (Å²) in [5, 5.41) is 9.51. The van der Waals surface area contributed by atoms with Gasteiger partial charge in [-0.3, -0.25) is 0 Å². The van der Waals surface area contributed by atoms with Crippen molar-refractivity contribution in [2.45, 2.75) is 77.4 Å². The van der Waals surface area contributed by atoms with E-state index in [0.29, 0.717) is 6.04 Å². The number of hydrogen-bond donors (Lipinski definition) is 1. The maximum absolute atomic E-state index is 9.51. The summed E-state index contributed by atoms with van der Waals surface area (Å²) in [5.74, 6) is 0. The number of hydrogen-bond acceptors (Lipinski definition) is 2. The highest BCUT2D eigenvalue weighted by Crippen LogP contribution is 2.21. The van der Waals surface area contributed by atoms with E-state index in [2.05, 4.69) is 11.8 Å². The van der Waals surface area contributed by atoms with Crippen molar-refractivity contribution in [1.82, 2.24) is 4.90 Å². The Hall–Kier alpha value is -0.0800. The summed E-state index contributed by atoms with van der Waals surface area (Å²) in [4.78, 5) is 2.62. The van der Waals surface area contributed by atoms with Crippen molar-refractivity contribution in [3.05, 3.63) is 0 Å². The standard InChI is InChI=1S/C14H29NO/c1-3-4-5-7-10-15-11-8-6-9-14(15)12-13(2)16/h13-14,16H,3-12H2,1-2H3. The Morgan fingerprint density at radius 2 is 2.06 bits per heavy atom. The molecule has 0 aliphatic carbocycles. The Morgan fingerprint density at radius 1 is 1.25 bits per heavy atom. The van der Waals surface area contributed by atoms with E-state index >= 15 is 0 Å². The van der Waals surface area contributed by atoms with Crippen LogP contribution in [0.5, 0.6) is 0 Å². The van der Waals surface area contributed by atoms with Gasteiger partial charge in [-0.15, -0.1) is 0 Å². The molecule has 0 aromatic rings. The third kappa shape index (κ3) is 5.31. The zero-order valence-corrected chi connectivity index (χ0v) is 11.1. The fourth-order valence-electron chi connectivity index (χ4n) is 2.76. The van der Waals surface area contributed by atoms with Gasteiger partial charge < -0.3 is 10.0 Å². The van der Waals surface area contributed by atoms with E-state index in [1.54, 1.807) is 0 Å². The van der Waals surface area contributed by atoms with Gasteiger partial charge in [0, 0.05) is 6.04 Å². The lowest BCUT2D eigenvalue weighted by Gasteiger charge is -2.36. The van der Waals surface area contributed by atoms with Gasteiger partial charge in [0.2, 0.25) is 0 Å². The van der Waals surface area contributed by atoms with Gasteiger partial charge in [0.1, 0.15) is 0 Å². The maximum Gasteiger partial charge on any atom is 0.0527 e. The van der Waals surface area contributed by atoms with Crippen LogP contribution in [0.4, 0.5) is 0 Å². The van der Waals surface area contributed by atoms with E-state index in [9.17, 15) is 5.11 Å². The van der Waals surface area contributed by atoms with Crippen LogP contribution in [0, 0.1) is 0 Å². The number of aliphatic hydroxyl groups is 1. The van der Waals surface area contributed by atoms with Crippen molar-refractivity contribution < 1.29 is 5.11 Å². The van der Waals surface area contributed by atoms with Crippen LogP contribution in [-0.4, -0.2) is 35.2 Å². The first-order chi connectivity index (χ1) is 7.74. The highest BCUT2D eigenvalue weighted by atomic mass is 16.3. The largest absolute Gasteiger partial charge is 0.393 e. The molecule has 2 nitrogen and oxygen atoms in total. The van der Waals surface area contributed by atoms with Crippen LogP contribution >= 0.6 is 0 Å². The zero-order valence-electron chi connectivity index (χ0n) is 11.1. The van der Waals surface area contributed by atoms with Crippen molar-refractivity contribution in [2.24, 2.45) is 0 Å². The second-order valence-electron chi connectivity index (χ2n) is 5.33. The molecule has 1 aliphatic rings. The van der Waals surface area contributed by atoms with E-state index < -0.39 is 0 Å². The monoisotopic (exact) mass is 227 g/mol. The first-order valence-corrected chi connectivity index (χ1v) is 7.16. The molecule has 2 unspecified atom stereocenters. The molecule has 0 aromatic carbocycles. The molecular weight excluding hydrogens is 198 g/mol. The number of piperidine rings is 1. The fraction of sp³-hybridized carbons (Fsp3) is 1.00. The van der Waals surface area contributed by atoms with Crippen LogP contribution in [0.3, 0.4) is 0 Å². The third-order valence-corrected chi connectivity index (χ3v) is 3.66. The molecule has 96 valence electrons. The van der Waals surface area contributed by atoms with E-state index in [-0.39, 0.29) is 6.10 Å². The van der Waals surface area contributed by atoms with Crippen molar-refractivity contribution in [3.63, 3.8) is 0 Å². The van der Waals surface area contributed by atoms with Crippen molar-refractivity contribution >= 4 is 0 Å². The summed E-state index contributed by atoms with van der Waals surface area (Å²) in [6.45, 7) is 6.68. The molecule has 2 atom stereocenters. The fourth-order valence-corrected chi connectivity index (χ4v) is 2.76. The minimum absolute atomic E-state index is 0.138. The SMILES string of the molecule is CCCCCCN1CCCCC1CC(C)O. The number of aliphatic hydroxyl groups excluding tert-OH is 1. The van der Waals surface area contributed by atoms with Gasteiger partial charge in [-0.05, 0) is 45.7 Å². The minimum Gasteiger partial charge on any atom is -0.393 e. The normalized spacial score (nSPS) is 24.6. The van der Waals surface area contributed by atoms with Gasteiger partial charge in [-0.2, -0.15) is 0 Å². The average molecular weight is 227 g/mol. The first-order valence-electron chi connectivity index (χ1n) is 7.16. The van der Waals surface area contributed by atoms with Crippen LogP contribution in [0.1, 0.15) is 65.2 Å². The van der Waals surface area contributed by atoms with Crippen LogP contribution in [0.25, 0.3) is 0 Å². The highest BCUT2D eigenvalue weighted by Gasteiger charge is 2.22. The summed E-state index contributed by atoms with van der Waals surface area (Å²) in [6.07, 6.45) is 10.2. The second kappa shape index (κ2) is 8.08. The Balaban J connectivity index is 2.23. The molecule has 2 heteroatoms.